The summed E-state index contributed by atoms with van der Waals surface area (Å²) < 4.78 is 0. The molecule has 1 unspecified atom stereocenters. The molecule has 20 heavy (non-hydrogen) atoms. The van der Waals surface area contributed by atoms with Crippen molar-refractivity contribution in [3.8, 4) is 0 Å². The van der Waals surface area contributed by atoms with Crippen LogP contribution in [0, 0.1) is 20.8 Å². The Morgan fingerprint density at radius 1 is 1.10 bits per heavy atom. The highest BCUT2D eigenvalue weighted by Crippen LogP contribution is 2.26. The van der Waals surface area contributed by atoms with Crippen LogP contribution in [-0.4, -0.2) is 28.6 Å². The molecule has 0 saturated heterocycles. The number of rotatable bonds is 5. The summed E-state index contributed by atoms with van der Waals surface area (Å²) in [6.07, 6.45) is 0.419. The van der Waals surface area contributed by atoms with Crippen molar-refractivity contribution in [1.82, 2.24) is 4.90 Å². The monoisotopic (exact) mass is 277 g/mol. The van der Waals surface area contributed by atoms with E-state index in [0.717, 1.165) is 25.1 Å². The molecule has 1 N–H and O–H groups in total. The summed E-state index contributed by atoms with van der Waals surface area (Å²) in [5.41, 5.74) is 4.94. The van der Waals surface area contributed by atoms with E-state index < -0.39 is 0 Å². The Morgan fingerprint density at radius 2 is 1.60 bits per heavy atom. The maximum absolute atomic E-state index is 10.6. The fourth-order valence-electron chi connectivity index (χ4n) is 3.11. The summed E-state index contributed by atoms with van der Waals surface area (Å²) in [4.78, 5) is 2.41. The molecular weight excluding hydrogens is 246 g/mol. The number of benzene rings is 1. The molecule has 1 rings (SSSR count). The van der Waals surface area contributed by atoms with E-state index >= 15 is 0 Å². The van der Waals surface area contributed by atoms with Crippen LogP contribution in [0.4, 0.5) is 0 Å². The Kier molecular flexibility index (Phi) is 5.79. The van der Waals surface area contributed by atoms with Crippen molar-refractivity contribution in [2.24, 2.45) is 0 Å². The van der Waals surface area contributed by atoms with Gasteiger partial charge in [0.2, 0.25) is 0 Å². The van der Waals surface area contributed by atoms with Crippen molar-refractivity contribution < 1.29 is 5.11 Å². The summed E-state index contributed by atoms with van der Waals surface area (Å²) in [6.45, 7) is 17.1. The van der Waals surface area contributed by atoms with Crippen LogP contribution in [0.5, 0.6) is 0 Å². The van der Waals surface area contributed by atoms with E-state index in [1.165, 1.54) is 16.7 Å². The zero-order valence-electron chi connectivity index (χ0n) is 14.2. The Hall–Kier alpha value is -0.860. The summed E-state index contributed by atoms with van der Waals surface area (Å²) in [5.74, 6) is 0. The minimum absolute atomic E-state index is 0.159. The summed E-state index contributed by atoms with van der Waals surface area (Å²) in [7, 11) is 0. The molecule has 0 fully saturated rings. The maximum atomic E-state index is 10.6. The van der Waals surface area contributed by atoms with E-state index in [1.54, 1.807) is 0 Å². The van der Waals surface area contributed by atoms with Gasteiger partial charge in [-0.05, 0) is 71.2 Å². The van der Waals surface area contributed by atoms with E-state index in [1.807, 2.05) is 0 Å². The molecule has 0 bridgehead atoms. The number of aryl methyl sites for hydroxylation is 3. The smallest absolute Gasteiger partial charge is 0.0807 e. The van der Waals surface area contributed by atoms with Crippen LogP contribution in [0.2, 0.25) is 0 Å². The third-order valence-corrected chi connectivity index (χ3v) is 4.07. The molecule has 0 amide bonds. The van der Waals surface area contributed by atoms with Gasteiger partial charge in [-0.3, -0.25) is 4.90 Å². The largest absolute Gasteiger partial charge is 0.388 e. The first-order chi connectivity index (χ1) is 9.16. The lowest BCUT2D eigenvalue weighted by atomic mass is 9.93. The van der Waals surface area contributed by atoms with Crippen LogP contribution in [0.1, 0.15) is 62.5 Å². The third-order valence-electron chi connectivity index (χ3n) is 4.07. The molecule has 2 heteroatoms. The second kappa shape index (κ2) is 6.73. The van der Waals surface area contributed by atoms with Gasteiger partial charge in [0.25, 0.3) is 0 Å². The molecular formula is C18H31NO. The van der Waals surface area contributed by atoms with Gasteiger partial charge in [-0.2, -0.15) is 0 Å². The van der Waals surface area contributed by atoms with Crippen molar-refractivity contribution >= 4 is 0 Å². The van der Waals surface area contributed by atoms with Gasteiger partial charge in [0.15, 0.2) is 0 Å². The summed E-state index contributed by atoms with van der Waals surface area (Å²) in [5, 5.41) is 10.6. The Bertz CT molecular complexity index is 422. The van der Waals surface area contributed by atoms with Crippen LogP contribution in [0.3, 0.4) is 0 Å². The first-order valence-electron chi connectivity index (χ1n) is 7.67. The van der Waals surface area contributed by atoms with E-state index in [-0.39, 0.29) is 11.6 Å². The second-order valence-corrected chi connectivity index (χ2v) is 6.87. The molecule has 2 nitrogen and oxygen atoms in total. The third kappa shape index (κ3) is 4.32. The molecule has 0 aliphatic rings. The van der Waals surface area contributed by atoms with Crippen molar-refractivity contribution in [2.45, 2.75) is 66.5 Å². The highest BCUT2D eigenvalue weighted by atomic mass is 16.3. The predicted molar refractivity (Wildman–Crippen MR) is 87.2 cm³/mol. The lowest BCUT2D eigenvalue weighted by Crippen LogP contribution is -2.42. The molecule has 114 valence electrons. The highest BCUT2D eigenvalue weighted by molar-refractivity contribution is 5.38. The Morgan fingerprint density at radius 3 is 2.00 bits per heavy atom. The molecule has 0 heterocycles. The fourth-order valence-corrected chi connectivity index (χ4v) is 3.11. The molecule has 1 aromatic rings. The van der Waals surface area contributed by atoms with Crippen LogP contribution in [-0.2, 0) is 0 Å². The maximum Gasteiger partial charge on any atom is 0.0807 e. The van der Waals surface area contributed by atoms with E-state index in [0.29, 0.717) is 0 Å². The van der Waals surface area contributed by atoms with Gasteiger partial charge in [0.05, 0.1) is 6.10 Å². The lowest BCUT2D eigenvalue weighted by molar-refractivity contribution is 0.0992. The quantitative estimate of drug-likeness (QED) is 0.873. The molecule has 1 aromatic carbocycles. The Labute approximate surface area is 124 Å². The molecule has 0 aliphatic carbocycles. The minimum atomic E-state index is -0.369. The van der Waals surface area contributed by atoms with Gasteiger partial charge in [0, 0.05) is 12.1 Å². The number of hydrogen-bond donors (Lipinski definition) is 1. The van der Waals surface area contributed by atoms with Crippen LogP contribution >= 0.6 is 0 Å². The highest BCUT2D eigenvalue weighted by Gasteiger charge is 2.21. The number of aliphatic hydroxyl groups is 1. The normalized spacial score (nSPS) is 13.8. The minimum Gasteiger partial charge on any atom is -0.388 e. The topological polar surface area (TPSA) is 23.5 Å². The molecule has 0 spiro atoms. The van der Waals surface area contributed by atoms with Gasteiger partial charge < -0.3 is 5.11 Å². The van der Waals surface area contributed by atoms with Crippen molar-refractivity contribution in [3.05, 3.63) is 34.4 Å². The van der Waals surface area contributed by atoms with Crippen LogP contribution in [0.15, 0.2) is 12.1 Å². The first-order valence-corrected chi connectivity index (χ1v) is 7.67. The van der Waals surface area contributed by atoms with Gasteiger partial charge >= 0.3 is 0 Å². The van der Waals surface area contributed by atoms with Gasteiger partial charge in [-0.25, -0.2) is 0 Å². The van der Waals surface area contributed by atoms with Crippen LogP contribution < -0.4 is 0 Å². The number of aliphatic hydroxyl groups excluding tert-OH is 1. The second-order valence-electron chi connectivity index (χ2n) is 6.87. The van der Waals surface area contributed by atoms with E-state index in [4.69, 9.17) is 0 Å². The molecule has 1 atom stereocenters. The van der Waals surface area contributed by atoms with Crippen molar-refractivity contribution in [2.75, 3.05) is 13.1 Å². The average Bonchev–Trinajstić information content (AvgIpc) is 2.26. The van der Waals surface area contributed by atoms with Gasteiger partial charge in [0.1, 0.15) is 0 Å². The molecule has 0 saturated carbocycles. The van der Waals surface area contributed by atoms with Gasteiger partial charge in [-0.1, -0.05) is 24.6 Å². The van der Waals surface area contributed by atoms with Gasteiger partial charge in [-0.15, -0.1) is 0 Å². The lowest BCUT2D eigenvalue weighted by Gasteiger charge is -2.35. The standard InChI is InChI=1S/C18H31NO/c1-8-19(18(5,6)7)10-9-16(20)17-14(3)11-13(2)12-15(17)4/h11-12,16,20H,8-10H2,1-7H3. The summed E-state index contributed by atoms with van der Waals surface area (Å²) in [6, 6.07) is 4.32. The number of hydrogen-bond acceptors (Lipinski definition) is 2. The predicted octanol–water partition coefficient (Wildman–Crippen LogP) is 4.16. The van der Waals surface area contributed by atoms with Crippen LogP contribution in [0.25, 0.3) is 0 Å². The number of nitrogens with zero attached hydrogens (tertiary/aromatic N) is 1. The zero-order valence-corrected chi connectivity index (χ0v) is 14.2. The average molecular weight is 277 g/mol. The fraction of sp³-hybridized carbons (Fsp3) is 0.667. The van der Waals surface area contributed by atoms with Crippen molar-refractivity contribution in [1.29, 1.82) is 0 Å². The summed E-state index contributed by atoms with van der Waals surface area (Å²) >= 11 is 0. The zero-order chi connectivity index (χ0) is 15.5. The molecule has 0 aliphatic heterocycles. The molecule has 0 aromatic heterocycles. The van der Waals surface area contributed by atoms with E-state index in [2.05, 4.69) is 65.5 Å². The SMILES string of the molecule is CCN(CCC(O)c1c(C)cc(C)cc1C)C(C)(C)C. The Balaban J connectivity index is 2.80. The van der Waals surface area contributed by atoms with Crippen molar-refractivity contribution in [3.63, 3.8) is 0 Å². The molecule has 0 radical (unpaired) electrons. The first kappa shape index (κ1) is 17.2. The van der Waals surface area contributed by atoms with E-state index in [9.17, 15) is 5.11 Å².